The highest BCUT2D eigenvalue weighted by atomic mass is 35.5. The number of halogens is 1. The number of nitrogens with zero attached hydrogens (tertiary/aromatic N) is 2. The average molecular weight is 287 g/mol. The van der Waals surface area contributed by atoms with Gasteiger partial charge in [0.1, 0.15) is 5.75 Å². The molecule has 0 radical (unpaired) electrons. The summed E-state index contributed by atoms with van der Waals surface area (Å²) >= 11 is 5.83. The van der Waals surface area contributed by atoms with E-state index in [2.05, 4.69) is 18.7 Å². The van der Waals surface area contributed by atoms with Crippen LogP contribution in [-0.2, 0) is 6.54 Å². The van der Waals surface area contributed by atoms with Crippen LogP contribution in [0.25, 0.3) is 0 Å². The van der Waals surface area contributed by atoms with Gasteiger partial charge in [-0.2, -0.15) is 0 Å². The van der Waals surface area contributed by atoms with Crippen LogP contribution in [0.3, 0.4) is 0 Å². The summed E-state index contributed by atoms with van der Waals surface area (Å²) in [4.78, 5) is 12.5. The number of nitro benzene ring substituents is 1. The van der Waals surface area contributed by atoms with Crippen molar-refractivity contribution in [3.05, 3.63) is 32.8 Å². The third kappa shape index (κ3) is 4.36. The van der Waals surface area contributed by atoms with Gasteiger partial charge in [0.25, 0.3) is 5.69 Å². The molecule has 1 N–H and O–H groups in total. The van der Waals surface area contributed by atoms with Crippen molar-refractivity contribution in [3.8, 4) is 5.75 Å². The summed E-state index contributed by atoms with van der Waals surface area (Å²) < 4.78 is 0. The van der Waals surface area contributed by atoms with Crippen molar-refractivity contribution < 1.29 is 10.0 Å². The van der Waals surface area contributed by atoms with E-state index in [0.29, 0.717) is 12.1 Å². The summed E-state index contributed by atoms with van der Waals surface area (Å²) in [7, 11) is 0. The Balaban J connectivity index is 3.00. The molecular weight excluding hydrogens is 268 g/mol. The largest absolute Gasteiger partial charge is 0.506 e. The lowest BCUT2D eigenvalue weighted by Crippen LogP contribution is -2.25. The molecule has 0 bridgehead atoms. The second-order valence-electron chi connectivity index (χ2n) is 4.47. The summed E-state index contributed by atoms with van der Waals surface area (Å²) in [5.41, 5.74) is 0.409. The van der Waals surface area contributed by atoms with E-state index in [0.717, 1.165) is 25.9 Å². The Bertz CT molecular complexity index is 446. The van der Waals surface area contributed by atoms with E-state index in [4.69, 9.17) is 11.6 Å². The lowest BCUT2D eigenvalue weighted by Gasteiger charge is -2.21. The normalized spacial score (nSPS) is 10.9. The summed E-state index contributed by atoms with van der Waals surface area (Å²) in [6.07, 6.45) is 1.98. The topological polar surface area (TPSA) is 66.6 Å². The molecule has 0 atom stereocenters. The van der Waals surface area contributed by atoms with Crippen molar-refractivity contribution in [2.45, 2.75) is 33.2 Å². The molecule has 0 aromatic heterocycles. The molecular formula is C13H19ClN2O3. The number of phenolic OH excluding ortho intramolecular Hbond substituents is 1. The number of benzene rings is 1. The fraction of sp³-hybridized carbons (Fsp3) is 0.538. The molecule has 0 amide bonds. The van der Waals surface area contributed by atoms with E-state index in [1.165, 1.54) is 12.1 Å². The third-order valence-electron chi connectivity index (χ3n) is 2.81. The highest BCUT2D eigenvalue weighted by molar-refractivity contribution is 6.32. The van der Waals surface area contributed by atoms with Gasteiger partial charge in [-0.15, -0.1) is 0 Å². The lowest BCUT2D eigenvalue weighted by molar-refractivity contribution is -0.384. The van der Waals surface area contributed by atoms with Crippen molar-refractivity contribution in [2.24, 2.45) is 0 Å². The van der Waals surface area contributed by atoms with Crippen molar-refractivity contribution in [3.63, 3.8) is 0 Å². The van der Waals surface area contributed by atoms with E-state index in [-0.39, 0.29) is 16.5 Å². The maximum absolute atomic E-state index is 10.8. The minimum atomic E-state index is -0.501. The van der Waals surface area contributed by atoms with Gasteiger partial charge in [0, 0.05) is 24.2 Å². The summed E-state index contributed by atoms with van der Waals surface area (Å²) in [5, 5.41) is 20.7. The SMILES string of the molecule is CCCN(CCC)Cc1cc([N+](=O)[O-])cc(Cl)c1O. The molecule has 19 heavy (non-hydrogen) atoms. The van der Waals surface area contributed by atoms with Gasteiger partial charge >= 0.3 is 0 Å². The van der Waals surface area contributed by atoms with Gasteiger partial charge in [0.15, 0.2) is 0 Å². The molecule has 1 aromatic carbocycles. The predicted octanol–water partition coefficient (Wildman–Crippen LogP) is 3.58. The molecule has 0 unspecified atom stereocenters. The fourth-order valence-electron chi connectivity index (χ4n) is 2.01. The van der Waals surface area contributed by atoms with Crippen LogP contribution in [0.2, 0.25) is 5.02 Å². The molecule has 6 heteroatoms. The fourth-order valence-corrected chi connectivity index (χ4v) is 2.24. The number of hydrogen-bond donors (Lipinski definition) is 1. The number of nitro groups is 1. The lowest BCUT2D eigenvalue weighted by atomic mass is 10.1. The molecule has 0 spiro atoms. The first-order valence-corrected chi connectivity index (χ1v) is 6.75. The standard InChI is InChI=1S/C13H19ClN2O3/c1-3-5-15(6-4-2)9-10-7-11(16(18)19)8-12(14)13(10)17/h7-8,17H,3-6,9H2,1-2H3. The smallest absolute Gasteiger partial charge is 0.271 e. The number of rotatable bonds is 7. The number of non-ortho nitro benzene ring substituents is 1. The van der Waals surface area contributed by atoms with Gasteiger partial charge in [-0.1, -0.05) is 25.4 Å². The third-order valence-corrected chi connectivity index (χ3v) is 3.10. The summed E-state index contributed by atoms with van der Waals surface area (Å²) in [6, 6.07) is 2.56. The maximum Gasteiger partial charge on any atom is 0.271 e. The molecule has 0 saturated carbocycles. The molecule has 0 saturated heterocycles. The number of phenols is 1. The average Bonchev–Trinajstić information content (AvgIpc) is 2.35. The summed E-state index contributed by atoms with van der Waals surface area (Å²) in [6.45, 7) is 6.38. The Morgan fingerprint density at radius 3 is 2.37 bits per heavy atom. The van der Waals surface area contributed by atoms with Crippen LogP contribution in [0.4, 0.5) is 5.69 Å². The van der Waals surface area contributed by atoms with Crippen LogP contribution in [0.5, 0.6) is 5.75 Å². The molecule has 0 fully saturated rings. The van der Waals surface area contributed by atoms with E-state index in [1.54, 1.807) is 0 Å². The molecule has 106 valence electrons. The second kappa shape index (κ2) is 7.31. The number of hydrogen-bond acceptors (Lipinski definition) is 4. The van der Waals surface area contributed by atoms with Crippen LogP contribution >= 0.6 is 11.6 Å². The molecule has 5 nitrogen and oxygen atoms in total. The van der Waals surface area contributed by atoms with Crippen molar-refractivity contribution in [2.75, 3.05) is 13.1 Å². The molecule has 1 rings (SSSR count). The molecule has 0 heterocycles. The zero-order valence-electron chi connectivity index (χ0n) is 11.2. The predicted molar refractivity (Wildman–Crippen MR) is 75.6 cm³/mol. The Labute approximate surface area is 117 Å². The van der Waals surface area contributed by atoms with Gasteiger partial charge in [-0.05, 0) is 25.9 Å². The van der Waals surface area contributed by atoms with Crippen molar-refractivity contribution in [1.82, 2.24) is 4.90 Å². The minimum Gasteiger partial charge on any atom is -0.506 e. The number of aromatic hydroxyl groups is 1. The van der Waals surface area contributed by atoms with Gasteiger partial charge in [-0.25, -0.2) is 0 Å². The van der Waals surface area contributed by atoms with Gasteiger partial charge in [0.05, 0.1) is 9.95 Å². The van der Waals surface area contributed by atoms with Crippen molar-refractivity contribution >= 4 is 17.3 Å². The van der Waals surface area contributed by atoms with E-state index < -0.39 is 4.92 Å². The van der Waals surface area contributed by atoms with Gasteiger partial charge in [-0.3, -0.25) is 15.0 Å². The summed E-state index contributed by atoms with van der Waals surface area (Å²) in [5.74, 6) is -0.0653. The first kappa shape index (κ1) is 15.7. The Hall–Kier alpha value is -1.33. The molecule has 0 aliphatic heterocycles. The second-order valence-corrected chi connectivity index (χ2v) is 4.88. The quantitative estimate of drug-likeness (QED) is 0.614. The van der Waals surface area contributed by atoms with E-state index in [9.17, 15) is 15.2 Å². The molecule has 0 aliphatic carbocycles. The van der Waals surface area contributed by atoms with Crippen LogP contribution in [0, 0.1) is 10.1 Å². The monoisotopic (exact) mass is 286 g/mol. The molecule has 0 aliphatic rings. The van der Waals surface area contributed by atoms with Gasteiger partial charge in [0.2, 0.25) is 0 Å². The van der Waals surface area contributed by atoms with Crippen LogP contribution in [0.15, 0.2) is 12.1 Å². The van der Waals surface area contributed by atoms with Gasteiger partial charge < -0.3 is 5.11 Å². The highest BCUT2D eigenvalue weighted by Crippen LogP contribution is 2.33. The maximum atomic E-state index is 10.8. The Morgan fingerprint density at radius 2 is 1.89 bits per heavy atom. The zero-order chi connectivity index (χ0) is 14.4. The highest BCUT2D eigenvalue weighted by Gasteiger charge is 2.16. The van der Waals surface area contributed by atoms with Crippen LogP contribution < -0.4 is 0 Å². The molecule has 1 aromatic rings. The minimum absolute atomic E-state index is 0.0251. The van der Waals surface area contributed by atoms with E-state index in [1.807, 2.05) is 0 Å². The zero-order valence-corrected chi connectivity index (χ0v) is 12.0. The first-order chi connectivity index (χ1) is 8.99. The first-order valence-electron chi connectivity index (χ1n) is 6.37. The van der Waals surface area contributed by atoms with Crippen molar-refractivity contribution in [1.29, 1.82) is 0 Å². The Morgan fingerprint density at radius 1 is 1.32 bits per heavy atom. The van der Waals surface area contributed by atoms with E-state index >= 15 is 0 Å². The van der Waals surface area contributed by atoms with Crippen LogP contribution in [0.1, 0.15) is 32.3 Å². The Kier molecular flexibility index (Phi) is 6.05. The van der Waals surface area contributed by atoms with Crippen LogP contribution in [-0.4, -0.2) is 28.0 Å².